The largest absolute Gasteiger partial charge is 0.416 e. The van der Waals surface area contributed by atoms with Gasteiger partial charge in [-0.1, -0.05) is 20.8 Å². The normalized spacial score (nSPS) is 15.8. The van der Waals surface area contributed by atoms with E-state index in [2.05, 4.69) is 10.3 Å². The number of hydrogen-bond acceptors (Lipinski definition) is 4. The average molecular weight is 407 g/mol. The fraction of sp³-hybridized carbons (Fsp3) is 0.529. The molecule has 0 spiro atoms. The summed E-state index contributed by atoms with van der Waals surface area (Å²) in [6.07, 6.45) is -3.98. The molecule has 0 aliphatic carbocycles. The molecule has 0 bridgehead atoms. The van der Waals surface area contributed by atoms with E-state index in [1.54, 1.807) is 13.0 Å². The smallest absolute Gasteiger partial charge is 0.342 e. The molecule has 0 saturated heterocycles. The summed E-state index contributed by atoms with van der Waals surface area (Å²) in [7, 11) is -3.94. The van der Waals surface area contributed by atoms with Crippen molar-refractivity contribution in [3.8, 4) is 6.07 Å². The number of nitrogens with one attached hydrogen (secondary N) is 1. The number of hydrogen-bond donors (Lipinski definition) is 1. The molecule has 2 atom stereocenters. The van der Waals surface area contributed by atoms with Gasteiger partial charge >= 0.3 is 6.18 Å². The SMILES string of the molecule is CC(N=C(Nc1cc(F)cc(C(F)(F)F)c1)C(C#N)S(C)(=O)=O)C(C)(C)C. The highest BCUT2D eigenvalue weighted by Crippen LogP contribution is 2.32. The number of anilines is 1. The van der Waals surface area contributed by atoms with Gasteiger partial charge in [-0.15, -0.1) is 0 Å². The predicted molar refractivity (Wildman–Crippen MR) is 95.6 cm³/mol. The van der Waals surface area contributed by atoms with Crippen LogP contribution in [0, 0.1) is 22.6 Å². The number of sulfone groups is 1. The summed E-state index contributed by atoms with van der Waals surface area (Å²) in [5, 5.41) is 9.93. The zero-order chi connectivity index (χ0) is 21.2. The van der Waals surface area contributed by atoms with Crippen molar-refractivity contribution in [1.82, 2.24) is 0 Å². The summed E-state index contributed by atoms with van der Waals surface area (Å²) >= 11 is 0. The standard InChI is InChI=1S/C17H21F4N3O2S/c1-10(16(2,3)4)23-15(14(9-22)27(5,25)26)24-13-7-11(17(19,20)21)6-12(18)8-13/h6-8,10,14H,1-5H3,(H,23,24). The molecule has 10 heteroatoms. The van der Waals surface area contributed by atoms with Crippen molar-refractivity contribution in [1.29, 1.82) is 5.26 Å². The Labute approximate surface area is 156 Å². The highest BCUT2D eigenvalue weighted by molar-refractivity contribution is 7.92. The van der Waals surface area contributed by atoms with E-state index in [1.165, 1.54) is 0 Å². The lowest BCUT2D eigenvalue weighted by Crippen LogP contribution is -2.36. The van der Waals surface area contributed by atoms with Crippen molar-refractivity contribution in [2.75, 3.05) is 11.6 Å². The molecule has 1 aromatic carbocycles. The molecule has 1 N–H and O–H groups in total. The molecule has 0 aliphatic heterocycles. The molecule has 0 heterocycles. The van der Waals surface area contributed by atoms with Crippen LogP contribution >= 0.6 is 0 Å². The van der Waals surface area contributed by atoms with E-state index in [-0.39, 0.29) is 11.5 Å². The van der Waals surface area contributed by atoms with Crippen molar-refractivity contribution < 1.29 is 26.0 Å². The maximum atomic E-state index is 13.6. The third-order valence-electron chi connectivity index (χ3n) is 3.88. The lowest BCUT2D eigenvalue weighted by molar-refractivity contribution is -0.137. The van der Waals surface area contributed by atoms with Gasteiger partial charge in [0.05, 0.1) is 17.7 Å². The van der Waals surface area contributed by atoms with Gasteiger partial charge in [-0.2, -0.15) is 18.4 Å². The molecule has 0 fully saturated rings. The third kappa shape index (κ3) is 6.50. The van der Waals surface area contributed by atoms with Gasteiger partial charge in [0.25, 0.3) is 0 Å². The van der Waals surface area contributed by atoms with Gasteiger partial charge in [-0.25, -0.2) is 12.8 Å². The Morgan fingerprint density at radius 1 is 1.22 bits per heavy atom. The first kappa shape index (κ1) is 22.9. The van der Waals surface area contributed by atoms with Crippen LogP contribution in [0.15, 0.2) is 23.2 Å². The molecular weight excluding hydrogens is 386 g/mol. The fourth-order valence-electron chi connectivity index (χ4n) is 1.90. The lowest BCUT2D eigenvalue weighted by Gasteiger charge is -2.26. The number of amidine groups is 1. The van der Waals surface area contributed by atoms with E-state index in [1.807, 2.05) is 20.8 Å². The molecular formula is C17H21F4N3O2S. The van der Waals surface area contributed by atoms with Gasteiger partial charge in [-0.05, 0) is 30.5 Å². The van der Waals surface area contributed by atoms with Crippen LogP contribution < -0.4 is 5.32 Å². The van der Waals surface area contributed by atoms with Crippen LogP contribution in [0.5, 0.6) is 0 Å². The molecule has 1 aromatic rings. The van der Waals surface area contributed by atoms with Crippen LogP contribution in [0.3, 0.4) is 0 Å². The zero-order valence-electron chi connectivity index (χ0n) is 15.5. The van der Waals surface area contributed by atoms with E-state index < -0.39 is 44.1 Å². The summed E-state index contributed by atoms with van der Waals surface area (Å²) in [5.74, 6) is -1.52. The van der Waals surface area contributed by atoms with Gasteiger partial charge < -0.3 is 5.32 Å². The molecule has 0 radical (unpaired) electrons. The summed E-state index contributed by atoms with van der Waals surface area (Å²) in [5.41, 5.74) is -2.02. The second kappa shape index (κ2) is 7.84. The Hall–Kier alpha value is -2.15. The summed E-state index contributed by atoms with van der Waals surface area (Å²) in [6.45, 7) is 7.14. The number of aliphatic imine (C=N–C) groups is 1. The Balaban J connectivity index is 3.49. The highest BCUT2D eigenvalue weighted by Gasteiger charge is 2.33. The van der Waals surface area contributed by atoms with Crippen LogP contribution in [0.4, 0.5) is 23.2 Å². The number of rotatable bonds is 4. The molecule has 27 heavy (non-hydrogen) atoms. The topological polar surface area (TPSA) is 82.3 Å². The minimum Gasteiger partial charge on any atom is -0.342 e. The monoisotopic (exact) mass is 407 g/mol. The Kier molecular flexibility index (Phi) is 6.65. The van der Waals surface area contributed by atoms with Crippen LogP contribution in [-0.4, -0.2) is 31.8 Å². The van der Waals surface area contributed by atoms with Crippen molar-refractivity contribution in [2.24, 2.45) is 10.4 Å². The number of benzene rings is 1. The minimum atomic E-state index is -4.79. The van der Waals surface area contributed by atoms with Gasteiger partial charge in [0.15, 0.2) is 9.84 Å². The zero-order valence-corrected chi connectivity index (χ0v) is 16.3. The first-order valence-corrected chi connectivity index (χ1v) is 9.82. The molecule has 1 rings (SSSR count). The Morgan fingerprint density at radius 2 is 1.78 bits per heavy atom. The van der Waals surface area contributed by atoms with Gasteiger partial charge in [0.1, 0.15) is 11.7 Å². The average Bonchev–Trinajstić information content (AvgIpc) is 2.43. The van der Waals surface area contributed by atoms with E-state index in [0.29, 0.717) is 12.1 Å². The van der Waals surface area contributed by atoms with E-state index in [0.717, 1.165) is 12.3 Å². The number of nitriles is 1. The van der Waals surface area contributed by atoms with Crippen LogP contribution in [-0.2, 0) is 16.0 Å². The number of nitrogens with zero attached hydrogens (tertiary/aromatic N) is 2. The van der Waals surface area contributed by atoms with Crippen LogP contribution in [0.1, 0.15) is 33.3 Å². The Bertz CT molecular complexity index is 866. The quantitative estimate of drug-likeness (QED) is 0.464. The molecule has 5 nitrogen and oxygen atoms in total. The van der Waals surface area contributed by atoms with Crippen molar-refractivity contribution in [3.63, 3.8) is 0 Å². The first-order valence-electron chi connectivity index (χ1n) is 7.86. The summed E-state index contributed by atoms with van der Waals surface area (Å²) < 4.78 is 76.1. The van der Waals surface area contributed by atoms with Gasteiger partial charge in [0, 0.05) is 11.9 Å². The van der Waals surface area contributed by atoms with Crippen molar-refractivity contribution in [3.05, 3.63) is 29.6 Å². The van der Waals surface area contributed by atoms with E-state index >= 15 is 0 Å². The summed E-state index contributed by atoms with van der Waals surface area (Å²) in [6, 6.07) is 2.81. The molecule has 0 amide bonds. The maximum absolute atomic E-state index is 13.6. The number of halogens is 4. The maximum Gasteiger partial charge on any atom is 0.416 e. The first-order chi connectivity index (χ1) is 12.1. The van der Waals surface area contributed by atoms with Gasteiger partial charge in [-0.3, -0.25) is 4.99 Å². The van der Waals surface area contributed by atoms with Crippen molar-refractivity contribution >= 4 is 21.4 Å². The third-order valence-corrected chi connectivity index (χ3v) is 5.06. The second-order valence-corrected chi connectivity index (χ2v) is 9.38. The van der Waals surface area contributed by atoms with E-state index in [9.17, 15) is 31.2 Å². The number of alkyl halides is 3. The van der Waals surface area contributed by atoms with Crippen LogP contribution in [0.2, 0.25) is 0 Å². The second-order valence-electron chi connectivity index (χ2n) is 7.25. The molecule has 0 aliphatic rings. The highest BCUT2D eigenvalue weighted by atomic mass is 32.2. The fourth-order valence-corrected chi connectivity index (χ4v) is 2.62. The molecule has 0 aromatic heterocycles. The lowest BCUT2D eigenvalue weighted by atomic mass is 9.88. The van der Waals surface area contributed by atoms with E-state index in [4.69, 9.17) is 0 Å². The van der Waals surface area contributed by atoms with Gasteiger partial charge in [0.2, 0.25) is 5.25 Å². The van der Waals surface area contributed by atoms with Crippen molar-refractivity contribution in [2.45, 2.75) is 45.2 Å². The molecule has 0 saturated carbocycles. The molecule has 2 unspecified atom stereocenters. The molecule has 150 valence electrons. The minimum absolute atomic E-state index is 0.318. The summed E-state index contributed by atoms with van der Waals surface area (Å²) in [4.78, 5) is 4.20. The predicted octanol–water partition coefficient (Wildman–Crippen LogP) is 4.03. The Morgan fingerprint density at radius 3 is 2.19 bits per heavy atom. The van der Waals surface area contributed by atoms with Crippen LogP contribution in [0.25, 0.3) is 0 Å².